The van der Waals surface area contributed by atoms with Crippen molar-refractivity contribution in [3.63, 3.8) is 0 Å². The topological polar surface area (TPSA) is 79.3 Å². The van der Waals surface area contributed by atoms with Gasteiger partial charge in [-0.25, -0.2) is 0 Å². The molecule has 1 amide bonds. The summed E-state index contributed by atoms with van der Waals surface area (Å²) in [6.07, 6.45) is 1.63. The molecule has 2 aromatic rings. The van der Waals surface area contributed by atoms with Crippen LogP contribution in [-0.4, -0.2) is 72.6 Å². The molecule has 4 rings (SSSR count). The Labute approximate surface area is 206 Å². The molecule has 2 aromatic carbocycles. The normalized spacial score (nSPS) is 20.4. The van der Waals surface area contributed by atoms with E-state index >= 15 is 0 Å². The zero-order chi connectivity index (χ0) is 24.8. The molecular weight excluding hydrogens is 444 g/mol. The Morgan fingerprint density at radius 3 is 2.51 bits per heavy atom. The van der Waals surface area contributed by atoms with E-state index in [4.69, 9.17) is 9.47 Å². The lowest BCUT2D eigenvalue weighted by atomic mass is 9.95. The molecule has 2 heterocycles. The number of carbonyl (C=O) groups is 2. The van der Waals surface area contributed by atoms with Crippen molar-refractivity contribution in [3.05, 3.63) is 70.8 Å². The maximum atomic E-state index is 13.2. The molecular formula is C28H34N2O5. The summed E-state index contributed by atoms with van der Waals surface area (Å²) in [5.41, 5.74) is 2.30. The van der Waals surface area contributed by atoms with E-state index < -0.39 is 17.7 Å². The molecule has 7 heteroatoms. The number of rotatable bonds is 9. The molecule has 2 aliphatic rings. The van der Waals surface area contributed by atoms with Crippen LogP contribution in [0.3, 0.4) is 0 Å². The number of amides is 1. The molecule has 0 spiro atoms. The largest absolute Gasteiger partial charge is 0.507 e. The number of aliphatic hydroxyl groups is 1. The second kappa shape index (κ2) is 11.5. The predicted molar refractivity (Wildman–Crippen MR) is 134 cm³/mol. The van der Waals surface area contributed by atoms with E-state index in [1.165, 1.54) is 0 Å². The third-order valence-corrected chi connectivity index (χ3v) is 6.54. The molecule has 0 aromatic heterocycles. The fraction of sp³-hybridized carbons (Fsp3) is 0.429. The number of nitrogens with zero attached hydrogens (tertiary/aromatic N) is 2. The number of likely N-dealkylation sites (tertiary alicyclic amines) is 1. The van der Waals surface area contributed by atoms with Crippen LogP contribution in [0.4, 0.5) is 0 Å². The SMILES string of the molecule is CCCOc1ccc(/C(O)=C2\C(=O)C(=O)N(CCCN3CCOCC3)C2c2ccccc2)cc1C. The number of benzene rings is 2. The van der Waals surface area contributed by atoms with Crippen LogP contribution in [0.1, 0.15) is 42.5 Å². The highest BCUT2D eigenvalue weighted by molar-refractivity contribution is 6.46. The molecule has 0 aliphatic carbocycles. The van der Waals surface area contributed by atoms with Gasteiger partial charge in [-0.2, -0.15) is 0 Å². The second-order valence-corrected chi connectivity index (χ2v) is 9.04. The number of morpholine rings is 1. The zero-order valence-electron chi connectivity index (χ0n) is 20.5. The monoisotopic (exact) mass is 478 g/mol. The predicted octanol–water partition coefficient (Wildman–Crippen LogP) is 3.93. The fourth-order valence-corrected chi connectivity index (χ4v) is 4.71. The lowest BCUT2D eigenvalue weighted by Gasteiger charge is -2.29. The first-order valence-corrected chi connectivity index (χ1v) is 12.4. The number of Topliss-reactive ketones (excluding diaryl/α,β-unsaturated/α-hetero) is 1. The number of hydrogen-bond acceptors (Lipinski definition) is 6. The molecule has 2 fully saturated rings. The summed E-state index contributed by atoms with van der Waals surface area (Å²) in [7, 11) is 0. The van der Waals surface area contributed by atoms with Gasteiger partial charge in [0, 0.05) is 31.7 Å². The van der Waals surface area contributed by atoms with Crippen molar-refractivity contribution >= 4 is 17.4 Å². The van der Waals surface area contributed by atoms with Gasteiger partial charge in [0.15, 0.2) is 0 Å². The van der Waals surface area contributed by atoms with Crippen molar-refractivity contribution < 1.29 is 24.2 Å². The van der Waals surface area contributed by atoms with Gasteiger partial charge in [-0.3, -0.25) is 14.5 Å². The van der Waals surface area contributed by atoms with Crippen LogP contribution in [0.2, 0.25) is 0 Å². The molecule has 2 saturated heterocycles. The third kappa shape index (κ3) is 5.57. The van der Waals surface area contributed by atoms with Crippen molar-refractivity contribution in [1.82, 2.24) is 9.80 Å². The van der Waals surface area contributed by atoms with Crippen molar-refractivity contribution in [2.45, 2.75) is 32.7 Å². The molecule has 7 nitrogen and oxygen atoms in total. The van der Waals surface area contributed by atoms with Crippen LogP contribution < -0.4 is 4.74 Å². The van der Waals surface area contributed by atoms with Gasteiger partial charge < -0.3 is 19.5 Å². The summed E-state index contributed by atoms with van der Waals surface area (Å²) in [5, 5.41) is 11.3. The summed E-state index contributed by atoms with van der Waals surface area (Å²) in [4.78, 5) is 30.3. The van der Waals surface area contributed by atoms with Crippen molar-refractivity contribution in [2.75, 3.05) is 46.0 Å². The van der Waals surface area contributed by atoms with E-state index in [2.05, 4.69) is 4.90 Å². The third-order valence-electron chi connectivity index (χ3n) is 6.54. The van der Waals surface area contributed by atoms with E-state index in [0.29, 0.717) is 18.7 Å². The minimum Gasteiger partial charge on any atom is -0.507 e. The lowest BCUT2D eigenvalue weighted by molar-refractivity contribution is -0.140. The van der Waals surface area contributed by atoms with Gasteiger partial charge in [0.05, 0.1) is 31.4 Å². The minimum atomic E-state index is -0.647. The molecule has 0 saturated carbocycles. The Hall–Kier alpha value is -3.16. The van der Waals surface area contributed by atoms with E-state index in [0.717, 1.165) is 62.6 Å². The average molecular weight is 479 g/mol. The molecule has 1 atom stereocenters. The van der Waals surface area contributed by atoms with Crippen LogP contribution in [0, 0.1) is 6.92 Å². The quantitative estimate of drug-likeness (QED) is 0.334. The molecule has 35 heavy (non-hydrogen) atoms. The highest BCUT2D eigenvalue weighted by atomic mass is 16.5. The van der Waals surface area contributed by atoms with Gasteiger partial charge in [0.2, 0.25) is 0 Å². The summed E-state index contributed by atoms with van der Waals surface area (Å²) >= 11 is 0. The minimum absolute atomic E-state index is 0.134. The molecule has 186 valence electrons. The molecule has 1 unspecified atom stereocenters. The number of ketones is 1. The fourth-order valence-electron chi connectivity index (χ4n) is 4.71. The Bertz CT molecular complexity index is 1080. The first-order chi connectivity index (χ1) is 17.0. The van der Waals surface area contributed by atoms with Crippen LogP contribution in [0.25, 0.3) is 5.76 Å². The van der Waals surface area contributed by atoms with Crippen LogP contribution >= 0.6 is 0 Å². The first kappa shape index (κ1) is 24.9. The van der Waals surface area contributed by atoms with Gasteiger partial charge in [-0.15, -0.1) is 0 Å². The summed E-state index contributed by atoms with van der Waals surface area (Å²) < 4.78 is 11.2. The number of ether oxygens (including phenoxy) is 2. The number of aliphatic hydroxyl groups excluding tert-OH is 1. The van der Waals surface area contributed by atoms with Crippen molar-refractivity contribution in [3.8, 4) is 5.75 Å². The van der Waals surface area contributed by atoms with E-state index in [9.17, 15) is 14.7 Å². The van der Waals surface area contributed by atoms with Gasteiger partial charge in [0.25, 0.3) is 11.7 Å². The van der Waals surface area contributed by atoms with Gasteiger partial charge in [0.1, 0.15) is 11.5 Å². The highest BCUT2D eigenvalue weighted by Gasteiger charge is 2.45. The number of carbonyl (C=O) groups excluding carboxylic acids is 2. The van der Waals surface area contributed by atoms with Crippen LogP contribution in [-0.2, 0) is 14.3 Å². The Balaban J connectivity index is 1.64. The van der Waals surface area contributed by atoms with Gasteiger partial charge >= 0.3 is 0 Å². The standard InChI is InChI=1S/C28H34N2O5/c1-3-16-35-23-11-10-22(19-20(23)2)26(31)24-25(21-8-5-4-6-9-21)30(28(33)27(24)32)13-7-12-29-14-17-34-18-15-29/h4-6,8-11,19,25,31H,3,7,12-18H2,1-2H3/b26-24+. The van der Waals surface area contributed by atoms with Gasteiger partial charge in [-0.05, 0) is 49.1 Å². The summed E-state index contributed by atoms with van der Waals surface area (Å²) in [5.74, 6) is -0.627. The maximum absolute atomic E-state index is 13.2. The van der Waals surface area contributed by atoms with Gasteiger partial charge in [-0.1, -0.05) is 37.3 Å². The highest BCUT2D eigenvalue weighted by Crippen LogP contribution is 2.39. The zero-order valence-corrected chi connectivity index (χ0v) is 20.5. The van der Waals surface area contributed by atoms with Crippen LogP contribution in [0.5, 0.6) is 5.75 Å². The lowest BCUT2D eigenvalue weighted by Crippen LogP contribution is -2.38. The van der Waals surface area contributed by atoms with Crippen molar-refractivity contribution in [1.29, 1.82) is 0 Å². The molecule has 1 N–H and O–H groups in total. The smallest absolute Gasteiger partial charge is 0.295 e. The maximum Gasteiger partial charge on any atom is 0.295 e. The van der Waals surface area contributed by atoms with E-state index in [1.807, 2.05) is 44.2 Å². The van der Waals surface area contributed by atoms with Crippen LogP contribution in [0.15, 0.2) is 54.1 Å². The number of hydrogen-bond donors (Lipinski definition) is 1. The van der Waals surface area contributed by atoms with E-state index in [1.54, 1.807) is 23.1 Å². The molecule has 2 aliphatic heterocycles. The summed E-state index contributed by atoms with van der Waals surface area (Å²) in [6.45, 7) is 8.99. The Morgan fingerprint density at radius 1 is 1.09 bits per heavy atom. The molecule has 0 radical (unpaired) electrons. The van der Waals surface area contributed by atoms with E-state index in [-0.39, 0.29) is 11.3 Å². The summed E-state index contributed by atoms with van der Waals surface area (Å²) in [6, 6.07) is 14.2. The first-order valence-electron chi connectivity index (χ1n) is 12.4. The Kier molecular flexibility index (Phi) is 8.21. The Morgan fingerprint density at radius 2 is 1.83 bits per heavy atom. The average Bonchev–Trinajstić information content (AvgIpc) is 3.13. The van der Waals surface area contributed by atoms with Crippen molar-refractivity contribution in [2.24, 2.45) is 0 Å². The second-order valence-electron chi connectivity index (χ2n) is 9.04. The molecule has 0 bridgehead atoms. The number of aryl methyl sites for hydroxylation is 1.